The molecule has 2 atom stereocenters. The summed E-state index contributed by atoms with van der Waals surface area (Å²) in [5, 5.41) is 3.49. The fourth-order valence-corrected chi connectivity index (χ4v) is 3.55. The molecule has 1 N–H and O–H groups in total. The Morgan fingerprint density at radius 2 is 2.15 bits per heavy atom. The Hall–Kier alpha value is -0.980. The molecule has 112 valence electrons. The van der Waals surface area contributed by atoms with Gasteiger partial charge in [-0.25, -0.2) is 12.7 Å². The molecule has 0 spiro atoms. The molecular weight excluding hydrogens is 274 g/mol. The van der Waals surface area contributed by atoms with Crippen molar-refractivity contribution >= 4 is 10.0 Å². The molecule has 2 rings (SSSR count). The molecule has 0 bridgehead atoms. The smallest absolute Gasteiger partial charge is 0.211 e. The van der Waals surface area contributed by atoms with Crippen LogP contribution >= 0.6 is 0 Å². The van der Waals surface area contributed by atoms with Crippen molar-refractivity contribution in [2.75, 3.05) is 25.9 Å². The van der Waals surface area contributed by atoms with Crippen LogP contribution < -0.4 is 5.32 Å². The highest BCUT2D eigenvalue weighted by molar-refractivity contribution is 7.88. The molecule has 1 aromatic heterocycles. The van der Waals surface area contributed by atoms with Crippen molar-refractivity contribution in [3.8, 4) is 0 Å². The Kier molecular flexibility index (Phi) is 5.12. The van der Waals surface area contributed by atoms with E-state index in [-0.39, 0.29) is 6.04 Å². The van der Waals surface area contributed by atoms with Crippen LogP contribution in [0.2, 0.25) is 0 Å². The Bertz CT molecular complexity index is 518. The Morgan fingerprint density at radius 1 is 1.45 bits per heavy atom. The summed E-state index contributed by atoms with van der Waals surface area (Å²) >= 11 is 0. The molecule has 2 heterocycles. The van der Waals surface area contributed by atoms with Crippen molar-refractivity contribution in [2.45, 2.75) is 25.8 Å². The predicted octanol–water partition coefficient (Wildman–Crippen LogP) is 1.40. The highest BCUT2D eigenvalue weighted by atomic mass is 32.2. The molecule has 1 aromatic rings. The van der Waals surface area contributed by atoms with E-state index in [1.165, 1.54) is 11.8 Å². The van der Waals surface area contributed by atoms with Crippen molar-refractivity contribution < 1.29 is 8.42 Å². The van der Waals surface area contributed by atoms with Gasteiger partial charge in [-0.2, -0.15) is 0 Å². The van der Waals surface area contributed by atoms with E-state index in [1.54, 1.807) is 16.7 Å². The fourth-order valence-electron chi connectivity index (χ4n) is 2.61. The third-order valence-corrected chi connectivity index (χ3v) is 5.14. The van der Waals surface area contributed by atoms with Crippen LogP contribution in [0.5, 0.6) is 0 Å². The van der Waals surface area contributed by atoms with Crippen LogP contribution in [0.1, 0.15) is 31.4 Å². The van der Waals surface area contributed by atoms with Crippen molar-refractivity contribution in [1.29, 1.82) is 0 Å². The van der Waals surface area contributed by atoms with Gasteiger partial charge in [0.25, 0.3) is 0 Å². The molecule has 0 amide bonds. The lowest BCUT2D eigenvalue weighted by atomic mass is 9.99. The van der Waals surface area contributed by atoms with Crippen molar-refractivity contribution in [3.63, 3.8) is 0 Å². The van der Waals surface area contributed by atoms with Gasteiger partial charge in [-0.1, -0.05) is 0 Å². The van der Waals surface area contributed by atoms with E-state index in [2.05, 4.69) is 17.2 Å². The van der Waals surface area contributed by atoms with Crippen LogP contribution in [0.25, 0.3) is 0 Å². The molecule has 0 radical (unpaired) electrons. The molecule has 1 aliphatic heterocycles. The molecule has 6 heteroatoms. The summed E-state index contributed by atoms with van der Waals surface area (Å²) in [5.41, 5.74) is 1.20. The number of sulfonamides is 1. The zero-order chi connectivity index (χ0) is 14.6. The lowest BCUT2D eigenvalue weighted by molar-refractivity contribution is 0.257. The zero-order valence-corrected chi connectivity index (χ0v) is 12.9. The van der Waals surface area contributed by atoms with Gasteiger partial charge >= 0.3 is 0 Å². The fraction of sp³-hybridized carbons (Fsp3) is 0.643. The molecule has 0 aromatic carbocycles. The van der Waals surface area contributed by atoms with Crippen molar-refractivity contribution in [2.24, 2.45) is 5.92 Å². The second kappa shape index (κ2) is 6.65. The van der Waals surface area contributed by atoms with Crippen LogP contribution in [0, 0.1) is 5.92 Å². The second-order valence-corrected chi connectivity index (χ2v) is 7.52. The molecule has 20 heavy (non-hydrogen) atoms. The van der Waals surface area contributed by atoms with Gasteiger partial charge in [0.2, 0.25) is 10.0 Å². The summed E-state index contributed by atoms with van der Waals surface area (Å²) in [5.74, 6) is 0.391. The normalized spacial score (nSPS) is 22.6. The van der Waals surface area contributed by atoms with E-state index in [0.717, 1.165) is 19.4 Å². The molecular formula is C14H23N3O2S. The average Bonchev–Trinajstić information content (AvgIpc) is 2.45. The van der Waals surface area contributed by atoms with Gasteiger partial charge < -0.3 is 5.32 Å². The summed E-state index contributed by atoms with van der Waals surface area (Å²) in [6.07, 6.45) is 6.91. The summed E-state index contributed by atoms with van der Waals surface area (Å²) in [6, 6.07) is 4.26. The van der Waals surface area contributed by atoms with Crippen LogP contribution in [0.15, 0.2) is 24.5 Å². The van der Waals surface area contributed by atoms with Gasteiger partial charge in [-0.05, 0) is 49.9 Å². The van der Waals surface area contributed by atoms with E-state index < -0.39 is 10.0 Å². The van der Waals surface area contributed by atoms with Gasteiger partial charge in [0, 0.05) is 31.5 Å². The maximum Gasteiger partial charge on any atom is 0.211 e. The monoisotopic (exact) mass is 297 g/mol. The average molecular weight is 297 g/mol. The van der Waals surface area contributed by atoms with Crippen LogP contribution in [-0.4, -0.2) is 43.6 Å². The number of aromatic nitrogens is 1. The minimum Gasteiger partial charge on any atom is -0.310 e. The van der Waals surface area contributed by atoms with Crippen LogP contribution in [0.3, 0.4) is 0 Å². The first kappa shape index (κ1) is 15.4. The lowest BCUT2D eigenvalue weighted by Gasteiger charge is -2.31. The minimum absolute atomic E-state index is 0.256. The third kappa shape index (κ3) is 4.26. The highest BCUT2D eigenvalue weighted by Gasteiger charge is 2.25. The first-order valence-electron chi connectivity index (χ1n) is 7.05. The van der Waals surface area contributed by atoms with Crippen LogP contribution in [0.4, 0.5) is 0 Å². The number of hydrogen-bond acceptors (Lipinski definition) is 4. The quantitative estimate of drug-likeness (QED) is 0.892. The topological polar surface area (TPSA) is 62.3 Å². The van der Waals surface area contributed by atoms with Crippen molar-refractivity contribution in [1.82, 2.24) is 14.6 Å². The first-order valence-corrected chi connectivity index (χ1v) is 8.90. The first-order chi connectivity index (χ1) is 9.47. The Labute approximate surface area is 121 Å². The molecule has 1 fully saturated rings. The predicted molar refractivity (Wildman–Crippen MR) is 79.8 cm³/mol. The van der Waals surface area contributed by atoms with Gasteiger partial charge in [0.1, 0.15) is 0 Å². The maximum absolute atomic E-state index is 11.6. The summed E-state index contributed by atoms with van der Waals surface area (Å²) < 4.78 is 24.8. The third-order valence-electron chi connectivity index (χ3n) is 3.87. The highest BCUT2D eigenvalue weighted by Crippen LogP contribution is 2.19. The van der Waals surface area contributed by atoms with Gasteiger partial charge in [-0.15, -0.1) is 0 Å². The van der Waals surface area contributed by atoms with E-state index in [4.69, 9.17) is 0 Å². The summed E-state index contributed by atoms with van der Waals surface area (Å²) in [4.78, 5) is 4.01. The lowest BCUT2D eigenvalue weighted by Crippen LogP contribution is -2.42. The summed E-state index contributed by atoms with van der Waals surface area (Å²) in [7, 11) is -3.05. The second-order valence-electron chi connectivity index (χ2n) is 5.54. The molecule has 1 aliphatic rings. The van der Waals surface area contributed by atoms with E-state index in [1.807, 2.05) is 12.1 Å². The zero-order valence-electron chi connectivity index (χ0n) is 12.1. The number of pyridine rings is 1. The largest absolute Gasteiger partial charge is 0.310 e. The van der Waals surface area contributed by atoms with Gasteiger partial charge in [-0.3, -0.25) is 4.98 Å². The van der Waals surface area contributed by atoms with E-state index in [0.29, 0.717) is 19.0 Å². The molecule has 5 nitrogen and oxygen atoms in total. The Morgan fingerprint density at radius 3 is 2.80 bits per heavy atom. The SMILES string of the molecule is CC(NCC1CCCN(S(C)(=O)=O)C1)c1ccncc1. The molecule has 1 saturated heterocycles. The van der Waals surface area contributed by atoms with E-state index >= 15 is 0 Å². The molecule has 0 saturated carbocycles. The van der Waals surface area contributed by atoms with Crippen molar-refractivity contribution in [3.05, 3.63) is 30.1 Å². The summed E-state index contributed by atoms with van der Waals surface area (Å²) in [6.45, 7) is 4.26. The number of rotatable bonds is 5. The standard InChI is InChI=1S/C14H23N3O2S/c1-12(14-5-7-15-8-6-14)16-10-13-4-3-9-17(11-13)20(2,18)19/h5-8,12-13,16H,3-4,9-11H2,1-2H3. The number of piperidine rings is 1. The maximum atomic E-state index is 11.6. The number of hydrogen-bond donors (Lipinski definition) is 1. The molecule has 0 aliphatic carbocycles. The van der Waals surface area contributed by atoms with Gasteiger partial charge in [0.15, 0.2) is 0 Å². The minimum atomic E-state index is -3.05. The number of nitrogens with one attached hydrogen (secondary N) is 1. The Balaban J connectivity index is 1.85. The number of nitrogens with zero attached hydrogens (tertiary/aromatic N) is 2. The molecule has 2 unspecified atom stereocenters. The van der Waals surface area contributed by atoms with Gasteiger partial charge in [0.05, 0.1) is 6.26 Å². The van der Waals surface area contributed by atoms with E-state index in [9.17, 15) is 8.42 Å². The van der Waals surface area contributed by atoms with Crippen LogP contribution in [-0.2, 0) is 10.0 Å².